The van der Waals surface area contributed by atoms with Crippen LogP contribution < -0.4 is 15.0 Å². The number of carbonyl (C=O) groups excluding carboxylic acids is 1. The largest absolute Gasteiger partial charge is 0.497 e. The highest BCUT2D eigenvalue weighted by Crippen LogP contribution is 2.41. The zero-order chi connectivity index (χ0) is 25.4. The number of rotatable bonds is 5. The molecular weight excluding hydrogens is 478 g/mol. The van der Waals surface area contributed by atoms with Crippen molar-refractivity contribution in [2.75, 3.05) is 14.2 Å². The average Bonchev–Trinajstić information content (AvgIpc) is 3.33. The van der Waals surface area contributed by atoms with Crippen molar-refractivity contribution < 1.29 is 14.3 Å². The van der Waals surface area contributed by atoms with Crippen molar-refractivity contribution in [2.24, 2.45) is 5.10 Å². The van der Waals surface area contributed by atoms with E-state index in [0.29, 0.717) is 39.7 Å². The number of amides is 1. The second-order valence-electron chi connectivity index (χ2n) is 8.49. The summed E-state index contributed by atoms with van der Waals surface area (Å²) >= 11 is 6.15. The van der Waals surface area contributed by atoms with Crippen LogP contribution >= 0.6 is 11.6 Å². The fourth-order valence-corrected chi connectivity index (χ4v) is 4.85. The first kappa shape index (κ1) is 23.6. The summed E-state index contributed by atoms with van der Waals surface area (Å²) in [5, 5.41) is 7.55. The highest BCUT2D eigenvalue weighted by molar-refractivity contribution is 6.30. The standard InChI is InChI=1S/C28H24ClN3O4/c1-16(33)32-24(21-14-19(35-2)12-13-25(21)36-3)15-23(31-32)27-26(17-8-10-18(29)11-9-17)20-6-4-5-7-22(20)30-28(27)34/h4-14,24H,15H2,1-3H3,(H,30,34)/t24-/m1/s1. The summed E-state index contributed by atoms with van der Waals surface area (Å²) in [5.74, 6) is 0.993. The predicted molar refractivity (Wildman–Crippen MR) is 141 cm³/mol. The lowest BCUT2D eigenvalue weighted by Gasteiger charge is -2.23. The van der Waals surface area contributed by atoms with Crippen molar-refractivity contribution in [1.82, 2.24) is 9.99 Å². The van der Waals surface area contributed by atoms with Crippen molar-refractivity contribution in [3.63, 3.8) is 0 Å². The van der Waals surface area contributed by atoms with E-state index in [1.54, 1.807) is 38.5 Å². The van der Waals surface area contributed by atoms with Gasteiger partial charge in [0, 0.05) is 40.4 Å². The van der Waals surface area contributed by atoms with Gasteiger partial charge in [-0.15, -0.1) is 0 Å². The van der Waals surface area contributed by atoms with Gasteiger partial charge < -0.3 is 14.5 Å². The van der Waals surface area contributed by atoms with Gasteiger partial charge in [0.2, 0.25) is 5.91 Å². The third-order valence-corrected chi connectivity index (χ3v) is 6.62. The highest BCUT2D eigenvalue weighted by atomic mass is 35.5. The molecule has 1 N–H and O–H groups in total. The van der Waals surface area contributed by atoms with Crippen molar-refractivity contribution in [3.05, 3.63) is 93.2 Å². The fourth-order valence-electron chi connectivity index (χ4n) is 4.73. The third-order valence-electron chi connectivity index (χ3n) is 6.37. The Morgan fingerprint density at radius 3 is 2.47 bits per heavy atom. The van der Waals surface area contributed by atoms with Gasteiger partial charge in [-0.05, 0) is 42.0 Å². The van der Waals surface area contributed by atoms with Crippen molar-refractivity contribution in [1.29, 1.82) is 0 Å². The minimum absolute atomic E-state index is 0.245. The van der Waals surface area contributed by atoms with Crippen LogP contribution in [0, 0.1) is 0 Å². The second-order valence-corrected chi connectivity index (χ2v) is 8.93. The number of aromatic nitrogens is 1. The fraction of sp³-hybridized carbons (Fsp3) is 0.179. The van der Waals surface area contributed by atoms with Crippen LogP contribution in [0.1, 0.15) is 30.5 Å². The average molecular weight is 502 g/mol. The molecule has 0 saturated heterocycles. The molecule has 0 fully saturated rings. The Morgan fingerprint density at radius 1 is 1.03 bits per heavy atom. The van der Waals surface area contributed by atoms with Gasteiger partial charge in [0.05, 0.1) is 31.5 Å². The second kappa shape index (κ2) is 9.51. The number of hydrogen-bond donors (Lipinski definition) is 1. The number of methoxy groups -OCH3 is 2. The van der Waals surface area contributed by atoms with Crippen LogP contribution in [0.3, 0.4) is 0 Å². The summed E-state index contributed by atoms with van der Waals surface area (Å²) in [6, 6.07) is 19.9. The lowest BCUT2D eigenvalue weighted by atomic mass is 9.91. The minimum atomic E-state index is -0.466. The van der Waals surface area contributed by atoms with E-state index in [2.05, 4.69) is 10.1 Å². The number of pyridine rings is 1. The topological polar surface area (TPSA) is 84.0 Å². The molecule has 0 spiro atoms. The van der Waals surface area contributed by atoms with E-state index >= 15 is 0 Å². The predicted octanol–water partition coefficient (Wildman–Crippen LogP) is 5.56. The van der Waals surface area contributed by atoms with Gasteiger partial charge in [0.1, 0.15) is 11.5 Å². The number of nitrogens with zero attached hydrogens (tertiary/aromatic N) is 2. The van der Waals surface area contributed by atoms with E-state index in [4.69, 9.17) is 21.1 Å². The zero-order valence-electron chi connectivity index (χ0n) is 20.0. The van der Waals surface area contributed by atoms with E-state index in [1.165, 1.54) is 11.9 Å². The van der Waals surface area contributed by atoms with Crippen LogP contribution in [0.25, 0.3) is 22.0 Å². The number of halogens is 1. The number of fused-ring (bicyclic) bond motifs is 1. The molecule has 0 radical (unpaired) electrons. The molecule has 1 aliphatic rings. The van der Waals surface area contributed by atoms with E-state index in [9.17, 15) is 9.59 Å². The molecule has 182 valence electrons. The normalized spacial score (nSPS) is 15.2. The van der Waals surface area contributed by atoms with Crippen LogP contribution in [-0.4, -0.2) is 35.8 Å². The minimum Gasteiger partial charge on any atom is -0.497 e. The Labute approximate surface area is 212 Å². The number of aromatic amines is 1. The molecular formula is C28H24ClN3O4. The summed E-state index contributed by atoms with van der Waals surface area (Å²) in [6.07, 6.45) is 0.325. The van der Waals surface area contributed by atoms with Crippen LogP contribution in [0.5, 0.6) is 11.5 Å². The van der Waals surface area contributed by atoms with Gasteiger partial charge in [0.25, 0.3) is 5.56 Å². The van der Waals surface area contributed by atoms with Gasteiger partial charge in [-0.1, -0.05) is 41.9 Å². The van der Waals surface area contributed by atoms with Gasteiger partial charge in [-0.25, -0.2) is 5.01 Å². The van der Waals surface area contributed by atoms with Gasteiger partial charge >= 0.3 is 0 Å². The first-order valence-corrected chi connectivity index (χ1v) is 11.8. The van der Waals surface area contributed by atoms with Crippen molar-refractivity contribution >= 4 is 34.1 Å². The van der Waals surface area contributed by atoms with E-state index in [1.807, 2.05) is 42.5 Å². The first-order chi connectivity index (χ1) is 17.4. The Bertz CT molecular complexity index is 1560. The monoisotopic (exact) mass is 501 g/mol. The van der Waals surface area contributed by atoms with Crippen LogP contribution in [-0.2, 0) is 4.79 Å². The highest BCUT2D eigenvalue weighted by Gasteiger charge is 2.35. The number of hydrazone groups is 1. The maximum Gasteiger partial charge on any atom is 0.258 e. The molecule has 0 saturated carbocycles. The number of H-pyrrole nitrogens is 1. The Hall–Kier alpha value is -4.10. The maximum atomic E-state index is 13.5. The molecule has 7 nitrogen and oxygen atoms in total. The summed E-state index contributed by atoms with van der Waals surface area (Å²) < 4.78 is 11.0. The van der Waals surface area contributed by atoms with Crippen LogP contribution in [0.2, 0.25) is 5.02 Å². The molecule has 1 aromatic heterocycles. The third kappa shape index (κ3) is 4.12. The van der Waals surface area contributed by atoms with Crippen LogP contribution in [0.4, 0.5) is 0 Å². The maximum absolute atomic E-state index is 13.5. The molecule has 5 rings (SSSR count). The number of para-hydroxylation sites is 1. The van der Waals surface area contributed by atoms with Gasteiger partial charge in [-0.2, -0.15) is 5.10 Å². The molecule has 36 heavy (non-hydrogen) atoms. The molecule has 2 heterocycles. The smallest absolute Gasteiger partial charge is 0.258 e. The number of carbonyl (C=O) groups is 1. The summed E-state index contributed by atoms with van der Waals surface area (Å²) in [4.78, 5) is 29.2. The SMILES string of the molecule is COc1ccc(OC)c([C@H]2CC(c3c(-c4ccc(Cl)cc4)c4ccccc4[nH]c3=O)=NN2C(C)=O)c1. The number of ether oxygens (including phenoxy) is 2. The summed E-state index contributed by atoms with van der Waals surface area (Å²) in [7, 11) is 3.16. The Balaban J connectivity index is 1.72. The summed E-state index contributed by atoms with van der Waals surface area (Å²) in [5.41, 5.74) is 3.69. The number of benzene rings is 3. The molecule has 1 aliphatic heterocycles. The van der Waals surface area contributed by atoms with Crippen LogP contribution in [0.15, 0.2) is 76.6 Å². The Morgan fingerprint density at radius 2 is 1.78 bits per heavy atom. The van der Waals surface area contributed by atoms with E-state index < -0.39 is 6.04 Å². The van der Waals surface area contributed by atoms with Gasteiger partial charge in [0.15, 0.2) is 0 Å². The molecule has 1 atom stereocenters. The summed E-state index contributed by atoms with van der Waals surface area (Å²) in [6.45, 7) is 1.46. The molecule has 1 amide bonds. The molecule has 0 aliphatic carbocycles. The van der Waals surface area contributed by atoms with Crippen molar-refractivity contribution in [3.8, 4) is 22.6 Å². The van der Waals surface area contributed by atoms with E-state index in [0.717, 1.165) is 22.1 Å². The molecule has 0 bridgehead atoms. The Kier molecular flexibility index (Phi) is 6.24. The van der Waals surface area contributed by atoms with E-state index in [-0.39, 0.29) is 11.5 Å². The lowest BCUT2D eigenvalue weighted by Crippen LogP contribution is -2.24. The molecule has 8 heteroatoms. The van der Waals surface area contributed by atoms with Crippen molar-refractivity contribution in [2.45, 2.75) is 19.4 Å². The first-order valence-electron chi connectivity index (χ1n) is 11.4. The number of nitrogens with one attached hydrogen (secondary N) is 1. The van der Waals surface area contributed by atoms with Gasteiger partial charge in [-0.3, -0.25) is 9.59 Å². The molecule has 3 aromatic carbocycles. The molecule has 0 unspecified atom stereocenters. The lowest BCUT2D eigenvalue weighted by molar-refractivity contribution is -0.130. The molecule has 4 aromatic rings. The zero-order valence-corrected chi connectivity index (χ0v) is 20.8. The number of hydrogen-bond acceptors (Lipinski definition) is 5. The quantitative estimate of drug-likeness (QED) is 0.388.